The van der Waals surface area contributed by atoms with Gasteiger partial charge in [-0.05, 0) is 11.1 Å². The molecule has 0 amide bonds. The number of benzene rings is 2. The molecule has 0 aliphatic heterocycles. The third kappa shape index (κ3) is 9.43. The van der Waals surface area contributed by atoms with E-state index in [0.29, 0.717) is 0 Å². The van der Waals surface area contributed by atoms with Crippen LogP contribution in [0.1, 0.15) is 11.1 Å². The average Bonchev–Trinajstić information content (AvgIpc) is 2.40. The standard InChI is InChI=1S/2C8H8O2.Fe/c2*9-8(10)6-7-4-2-1-3-5-7;/h2*1-5H,6H2,(H,9,10);/q;;+2/p-2. The second-order valence-electron chi connectivity index (χ2n) is 4.07. The molecule has 2 aromatic carbocycles. The van der Waals surface area contributed by atoms with Crippen molar-refractivity contribution < 1.29 is 36.9 Å². The molecular formula is C16H14FeO4. The van der Waals surface area contributed by atoms with Crippen LogP contribution in [0.2, 0.25) is 0 Å². The minimum absolute atomic E-state index is 0. The number of carbonyl (C=O) groups is 2. The summed E-state index contributed by atoms with van der Waals surface area (Å²) in [6.07, 6.45) is 0.00167. The molecule has 0 N–H and O–H groups in total. The fourth-order valence-corrected chi connectivity index (χ4v) is 1.53. The van der Waals surface area contributed by atoms with E-state index in [-0.39, 0.29) is 29.9 Å². The van der Waals surface area contributed by atoms with Crippen molar-refractivity contribution in [3.63, 3.8) is 0 Å². The molecule has 0 aromatic heterocycles. The van der Waals surface area contributed by atoms with Crippen molar-refractivity contribution >= 4 is 11.9 Å². The molecule has 0 saturated carbocycles. The maximum absolute atomic E-state index is 10.1. The topological polar surface area (TPSA) is 80.3 Å². The quantitative estimate of drug-likeness (QED) is 0.738. The molecule has 21 heavy (non-hydrogen) atoms. The van der Waals surface area contributed by atoms with Gasteiger partial charge in [0, 0.05) is 24.8 Å². The number of carboxylic acids is 2. The van der Waals surface area contributed by atoms with E-state index < -0.39 is 11.9 Å². The summed E-state index contributed by atoms with van der Waals surface area (Å²) in [5.41, 5.74) is 1.56. The zero-order valence-corrected chi connectivity index (χ0v) is 12.3. The van der Waals surface area contributed by atoms with Crippen molar-refractivity contribution in [3.05, 3.63) is 71.8 Å². The normalized spacial score (nSPS) is 8.76. The second-order valence-corrected chi connectivity index (χ2v) is 4.07. The Morgan fingerprint density at radius 1 is 0.667 bits per heavy atom. The van der Waals surface area contributed by atoms with Gasteiger partial charge in [0.15, 0.2) is 0 Å². The molecule has 5 heteroatoms. The first-order chi connectivity index (χ1) is 9.58. The van der Waals surface area contributed by atoms with E-state index in [1.165, 1.54) is 0 Å². The van der Waals surface area contributed by atoms with E-state index >= 15 is 0 Å². The SMILES string of the molecule is O=C([O-])Cc1ccccc1.O=C([O-])Cc1ccccc1.[Fe+2]. The molecule has 0 aliphatic rings. The molecule has 0 bridgehead atoms. The summed E-state index contributed by atoms with van der Waals surface area (Å²) < 4.78 is 0. The van der Waals surface area contributed by atoms with Gasteiger partial charge >= 0.3 is 17.1 Å². The van der Waals surface area contributed by atoms with Crippen molar-refractivity contribution in [1.29, 1.82) is 0 Å². The Morgan fingerprint density at radius 3 is 1.19 bits per heavy atom. The molecule has 0 fully saturated rings. The van der Waals surface area contributed by atoms with Crippen LogP contribution >= 0.6 is 0 Å². The van der Waals surface area contributed by atoms with E-state index in [0.717, 1.165) is 11.1 Å². The Balaban J connectivity index is 0.000000364. The summed E-state index contributed by atoms with van der Waals surface area (Å²) in [6.45, 7) is 0. The van der Waals surface area contributed by atoms with Gasteiger partial charge < -0.3 is 19.8 Å². The summed E-state index contributed by atoms with van der Waals surface area (Å²) in [5.74, 6) is -2.07. The predicted molar refractivity (Wildman–Crippen MR) is 70.3 cm³/mol. The van der Waals surface area contributed by atoms with Crippen LogP contribution in [0.25, 0.3) is 0 Å². The van der Waals surface area contributed by atoms with Crippen LogP contribution in [0.4, 0.5) is 0 Å². The molecule has 2 aromatic rings. The first-order valence-corrected chi connectivity index (χ1v) is 6.05. The van der Waals surface area contributed by atoms with E-state index in [1.54, 1.807) is 48.5 Å². The van der Waals surface area contributed by atoms with Crippen LogP contribution in [0.3, 0.4) is 0 Å². The van der Waals surface area contributed by atoms with E-state index in [9.17, 15) is 19.8 Å². The molecule has 4 nitrogen and oxygen atoms in total. The number of hydrogen-bond donors (Lipinski definition) is 0. The van der Waals surface area contributed by atoms with E-state index in [4.69, 9.17) is 0 Å². The average molecular weight is 326 g/mol. The molecule has 0 aliphatic carbocycles. The van der Waals surface area contributed by atoms with Crippen molar-refractivity contribution in [3.8, 4) is 0 Å². The third-order valence-electron chi connectivity index (χ3n) is 2.38. The monoisotopic (exact) mass is 326 g/mol. The minimum atomic E-state index is -1.04. The molecular weight excluding hydrogens is 312 g/mol. The van der Waals surface area contributed by atoms with Crippen molar-refractivity contribution in [2.75, 3.05) is 0 Å². The van der Waals surface area contributed by atoms with Crippen LogP contribution in [0.5, 0.6) is 0 Å². The number of rotatable bonds is 4. The summed E-state index contributed by atoms with van der Waals surface area (Å²) in [6, 6.07) is 17.9. The van der Waals surface area contributed by atoms with Gasteiger partial charge in [0.05, 0.1) is 0 Å². The van der Waals surface area contributed by atoms with Crippen molar-refractivity contribution in [1.82, 2.24) is 0 Å². The van der Waals surface area contributed by atoms with Crippen LogP contribution in [0.15, 0.2) is 60.7 Å². The Morgan fingerprint density at radius 2 is 0.952 bits per heavy atom. The van der Waals surface area contributed by atoms with Crippen LogP contribution in [0, 0.1) is 0 Å². The largest absolute Gasteiger partial charge is 2.00 e. The van der Waals surface area contributed by atoms with Gasteiger partial charge in [-0.3, -0.25) is 0 Å². The third-order valence-corrected chi connectivity index (χ3v) is 2.38. The summed E-state index contributed by atoms with van der Waals surface area (Å²) in [7, 11) is 0. The molecule has 0 unspecified atom stereocenters. The summed E-state index contributed by atoms with van der Waals surface area (Å²) >= 11 is 0. The number of hydrogen-bond acceptors (Lipinski definition) is 4. The molecule has 110 valence electrons. The molecule has 2 rings (SSSR count). The van der Waals surface area contributed by atoms with Gasteiger partial charge in [0.25, 0.3) is 0 Å². The van der Waals surface area contributed by atoms with E-state index in [1.807, 2.05) is 12.1 Å². The minimum Gasteiger partial charge on any atom is -0.550 e. The Kier molecular flexibility index (Phi) is 9.59. The van der Waals surface area contributed by atoms with Gasteiger partial charge in [-0.2, -0.15) is 0 Å². The summed E-state index contributed by atoms with van der Waals surface area (Å²) in [5, 5.41) is 20.1. The number of carboxylic acid groups (broad SMARTS) is 2. The van der Waals surface area contributed by atoms with Crippen LogP contribution in [-0.2, 0) is 39.5 Å². The zero-order valence-electron chi connectivity index (χ0n) is 11.2. The Labute approximate surface area is 133 Å². The van der Waals surface area contributed by atoms with E-state index in [2.05, 4.69) is 0 Å². The van der Waals surface area contributed by atoms with Gasteiger partial charge in [-0.25, -0.2) is 0 Å². The van der Waals surface area contributed by atoms with Gasteiger partial charge in [0.2, 0.25) is 0 Å². The fraction of sp³-hybridized carbons (Fsp3) is 0.125. The molecule has 0 heterocycles. The van der Waals surface area contributed by atoms with Gasteiger partial charge in [-0.15, -0.1) is 0 Å². The van der Waals surface area contributed by atoms with Gasteiger partial charge in [-0.1, -0.05) is 60.7 Å². The predicted octanol–water partition coefficient (Wildman–Crippen LogP) is -0.0445. The van der Waals surface area contributed by atoms with Crippen LogP contribution < -0.4 is 10.2 Å². The smallest absolute Gasteiger partial charge is 0.550 e. The molecule has 0 atom stereocenters. The first kappa shape index (κ1) is 18.9. The Hall–Kier alpha value is -2.10. The van der Waals surface area contributed by atoms with Gasteiger partial charge in [0.1, 0.15) is 0 Å². The van der Waals surface area contributed by atoms with Crippen molar-refractivity contribution in [2.24, 2.45) is 0 Å². The second kappa shape index (κ2) is 10.7. The Bertz CT molecular complexity index is 489. The maximum atomic E-state index is 10.1. The zero-order chi connectivity index (χ0) is 14.8. The number of aliphatic carboxylic acids is 2. The summed E-state index contributed by atoms with van der Waals surface area (Å²) in [4.78, 5) is 20.1. The number of carbonyl (C=O) groups excluding carboxylic acids is 2. The first-order valence-electron chi connectivity index (χ1n) is 6.05. The van der Waals surface area contributed by atoms with Crippen molar-refractivity contribution in [2.45, 2.75) is 12.8 Å². The molecule has 0 saturated heterocycles. The molecule has 0 radical (unpaired) electrons. The molecule has 0 spiro atoms. The van der Waals surface area contributed by atoms with Crippen LogP contribution in [-0.4, -0.2) is 11.9 Å². The fourth-order valence-electron chi connectivity index (χ4n) is 1.53. The maximum Gasteiger partial charge on any atom is 2.00 e.